The van der Waals surface area contributed by atoms with Gasteiger partial charge in [0, 0.05) is 10.8 Å². The summed E-state index contributed by atoms with van der Waals surface area (Å²) in [5.41, 5.74) is 11.5. The molecular formula is C56H34O. The predicted octanol–water partition coefficient (Wildman–Crippen LogP) is 16.0. The van der Waals surface area contributed by atoms with E-state index >= 15 is 0 Å². The van der Waals surface area contributed by atoms with E-state index in [2.05, 4.69) is 206 Å². The van der Waals surface area contributed by atoms with Gasteiger partial charge < -0.3 is 4.42 Å². The fourth-order valence-electron chi connectivity index (χ4n) is 9.16. The van der Waals surface area contributed by atoms with Gasteiger partial charge in [-0.15, -0.1) is 0 Å². The second-order valence-corrected chi connectivity index (χ2v) is 15.3. The molecule has 0 unspecified atom stereocenters. The Hall–Kier alpha value is -7.48. The third kappa shape index (κ3) is 5.17. The number of benzene rings is 11. The number of hydrogen-bond donors (Lipinski definition) is 0. The van der Waals surface area contributed by atoms with Gasteiger partial charge in [-0.05, 0) is 147 Å². The third-order valence-electron chi connectivity index (χ3n) is 12.0. The van der Waals surface area contributed by atoms with Crippen molar-refractivity contribution >= 4 is 75.8 Å². The normalized spacial score (nSPS) is 11.9. The summed E-state index contributed by atoms with van der Waals surface area (Å²) in [6.07, 6.45) is 0. The lowest BCUT2D eigenvalue weighted by molar-refractivity contribution is 0.669. The SMILES string of the molecule is c1ccc2cc(-c3ccc4c(c3)oc3cc(-c5ccc6cc(-c7ccc(-c8cc9ccccc9c9ccccc89)c8ccccc78)ccc6c5)ccc34)ccc2c1. The van der Waals surface area contributed by atoms with Gasteiger partial charge in [-0.1, -0.05) is 158 Å². The summed E-state index contributed by atoms with van der Waals surface area (Å²) in [5.74, 6) is 0. The maximum Gasteiger partial charge on any atom is 0.136 e. The molecule has 12 rings (SSSR count). The van der Waals surface area contributed by atoms with Gasteiger partial charge in [0.1, 0.15) is 11.2 Å². The summed E-state index contributed by atoms with van der Waals surface area (Å²) >= 11 is 0. The Labute approximate surface area is 329 Å². The minimum Gasteiger partial charge on any atom is -0.456 e. The van der Waals surface area contributed by atoms with Crippen molar-refractivity contribution in [3.63, 3.8) is 0 Å². The molecule has 0 aliphatic carbocycles. The zero-order valence-corrected chi connectivity index (χ0v) is 31.0. The van der Waals surface area contributed by atoms with E-state index in [9.17, 15) is 0 Å². The summed E-state index contributed by atoms with van der Waals surface area (Å²) in [6.45, 7) is 0. The number of fused-ring (bicyclic) bond motifs is 9. The molecule has 1 aromatic heterocycles. The highest BCUT2D eigenvalue weighted by Crippen LogP contribution is 2.42. The van der Waals surface area contributed by atoms with Gasteiger partial charge in [0.25, 0.3) is 0 Å². The molecule has 0 spiro atoms. The van der Waals surface area contributed by atoms with E-state index in [1.165, 1.54) is 87.2 Å². The van der Waals surface area contributed by atoms with E-state index in [0.29, 0.717) is 0 Å². The van der Waals surface area contributed by atoms with Crippen molar-refractivity contribution in [2.24, 2.45) is 0 Å². The molecule has 11 aromatic carbocycles. The minimum atomic E-state index is 0.903. The predicted molar refractivity (Wildman–Crippen MR) is 243 cm³/mol. The van der Waals surface area contributed by atoms with Crippen LogP contribution in [-0.4, -0.2) is 0 Å². The van der Waals surface area contributed by atoms with Crippen molar-refractivity contribution in [3.8, 4) is 44.5 Å². The van der Waals surface area contributed by atoms with Gasteiger partial charge in [0.15, 0.2) is 0 Å². The standard InChI is InChI=1S/C56H34O/c1-2-10-36-29-38(18-17-35(36)9-1)41-23-25-52-53-26-24-42(34-56(53)57-55(52)33-41)39-19-20-40-31-44(22-21-37(40)30-39)46-27-28-51(49-15-7-5-14-48(46)49)54-32-43-11-3-4-12-45(43)47-13-6-8-16-50(47)54/h1-34H. The molecule has 57 heavy (non-hydrogen) atoms. The number of rotatable bonds is 4. The summed E-state index contributed by atoms with van der Waals surface area (Å²) in [5, 5.41) is 14.8. The van der Waals surface area contributed by atoms with Crippen LogP contribution in [0, 0.1) is 0 Å². The molecule has 0 saturated heterocycles. The zero-order chi connectivity index (χ0) is 37.5. The van der Waals surface area contributed by atoms with Crippen LogP contribution in [0.4, 0.5) is 0 Å². The summed E-state index contributed by atoms with van der Waals surface area (Å²) in [6, 6.07) is 75.4. The molecule has 0 atom stereocenters. The van der Waals surface area contributed by atoms with E-state index in [1.54, 1.807) is 0 Å². The molecule has 0 bridgehead atoms. The van der Waals surface area contributed by atoms with Gasteiger partial charge in [0.2, 0.25) is 0 Å². The van der Waals surface area contributed by atoms with E-state index in [-0.39, 0.29) is 0 Å². The van der Waals surface area contributed by atoms with Crippen molar-refractivity contribution in [2.45, 2.75) is 0 Å². The highest BCUT2D eigenvalue weighted by atomic mass is 16.3. The Bertz CT molecular complexity index is 3580. The second-order valence-electron chi connectivity index (χ2n) is 15.3. The largest absolute Gasteiger partial charge is 0.456 e. The van der Waals surface area contributed by atoms with Crippen LogP contribution in [-0.2, 0) is 0 Å². The van der Waals surface area contributed by atoms with Crippen LogP contribution >= 0.6 is 0 Å². The van der Waals surface area contributed by atoms with Crippen molar-refractivity contribution in [1.82, 2.24) is 0 Å². The van der Waals surface area contributed by atoms with E-state index in [4.69, 9.17) is 4.42 Å². The molecule has 12 aromatic rings. The molecule has 264 valence electrons. The summed E-state index contributed by atoms with van der Waals surface area (Å²) in [7, 11) is 0. The topological polar surface area (TPSA) is 13.1 Å². The fraction of sp³-hybridized carbons (Fsp3) is 0. The first-order chi connectivity index (χ1) is 28.2. The molecule has 0 fully saturated rings. The first-order valence-corrected chi connectivity index (χ1v) is 19.6. The highest BCUT2D eigenvalue weighted by molar-refractivity contribution is 6.17. The smallest absolute Gasteiger partial charge is 0.136 e. The van der Waals surface area contributed by atoms with Crippen LogP contribution in [0.15, 0.2) is 211 Å². The fourth-order valence-corrected chi connectivity index (χ4v) is 9.16. The van der Waals surface area contributed by atoms with E-state index in [0.717, 1.165) is 33.1 Å². The second kappa shape index (κ2) is 12.5. The Morgan fingerprint density at radius 3 is 1.30 bits per heavy atom. The zero-order valence-electron chi connectivity index (χ0n) is 31.0. The molecule has 0 N–H and O–H groups in total. The average molecular weight is 723 g/mol. The quantitative estimate of drug-likeness (QED) is 0.165. The maximum absolute atomic E-state index is 6.53. The van der Waals surface area contributed by atoms with Crippen LogP contribution in [0.3, 0.4) is 0 Å². The maximum atomic E-state index is 6.53. The Balaban J connectivity index is 0.898. The average Bonchev–Trinajstić information content (AvgIpc) is 3.65. The van der Waals surface area contributed by atoms with Crippen molar-refractivity contribution in [3.05, 3.63) is 206 Å². The Morgan fingerprint density at radius 1 is 0.211 bits per heavy atom. The van der Waals surface area contributed by atoms with Crippen LogP contribution in [0.5, 0.6) is 0 Å². The van der Waals surface area contributed by atoms with E-state index in [1.807, 2.05) is 0 Å². The Kier molecular flexibility index (Phi) is 7.00. The number of hydrogen-bond acceptors (Lipinski definition) is 1. The number of furan rings is 1. The van der Waals surface area contributed by atoms with Gasteiger partial charge in [0.05, 0.1) is 0 Å². The van der Waals surface area contributed by atoms with Crippen LogP contribution in [0.1, 0.15) is 0 Å². The summed E-state index contributed by atoms with van der Waals surface area (Å²) < 4.78 is 6.53. The third-order valence-corrected chi connectivity index (χ3v) is 12.0. The minimum absolute atomic E-state index is 0.903. The molecular weight excluding hydrogens is 689 g/mol. The lowest BCUT2D eigenvalue weighted by atomic mass is 9.88. The molecule has 0 amide bonds. The van der Waals surface area contributed by atoms with Gasteiger partial charge in [-0.25, -0.2) is 0 Å². The lowest BCUT2D eigenvalue weighted by Crippen LogP contribution is -1.89. The molecule has 0 aliphatic rings. The van der Waals surface area contributed by atoms with Crippen molar-refractivity contribution in [2.75, 3.05) is 0 Å². The molecule has 0 saturated carbocycles. The first kappa shape index (κ1) is 31.8. The summed E-state index contributed by atoms with van der Waals surface area (Å²) in [4.78, 5) is 0. The molecule has 0 aliphatic heterocycles. The Morgan fingerprint density at radius 2 is 0.632 bits per heavy atom. The lowest BCUT2D eigenvalue weighted by Gasteiger charge is -2.16. The van der Waals surface area contributed by atoms with Crippen molar-refractivity contribution in [1.29, 1.82) is 0 Å². The van der Waals surface area contributed by atoms with Crippen LogP contribution < -0.4 is 0 Å². The monoisotopic (exact) mass is 722 g/mol. The molecule has 1 heteroatoms. The molecule has 0 radical (unpaired) electrons. The van der Waals surface area contributed by atoms with Crippen LogP contribution in [0.25, 0.3) is 120 Å². The van der Waals surface area contributed by atoms with E-state index < -0.39 is 0 Å². The van der Waals surface area contributed by atoms with Crippen LogP contribution in [0.2, 0.25) is 0 Å². The van der Waals surface area contributed by atoms with Gasteiger partial charge >= 0.3 is 0 Å². The van der Waals surface area contributed by atoms with Gasteiger partial charge in [-0.3, -0.25) is 0 Å². The van der Waals surface area contributed by atoms with Crippen molar-refractivity contribution < 1.29 is 4.42 Å². The molecule has 1 heterocycles. The highest BCUT2D eigenvalue weighted by Gasteiger charge is 2.15. The first-order valence-electron chi connectivity index (χ1n) is 19.6. The molecule has 1 nitrogen and oxygen atoms in total. The van der Waals surface area contributed by atoms with Gasteiger partial charge in [-0.2, -0.15) is 0 Å².